The number of hydrogen-bond donors (Lipinski definition) is 3. The second-order valence-electron chi connectivity index (χ2n) is 19.4. The molecule has 3 amide bonds. The predicted octanol–water partition coefficient (Wildman–Crippen LogP) is 7.85. The summed E-state index contributed by atoms with van der Waals surface area (Å²) in [5, 5.41) is 10.6. The van der Waals surface area contributed by atoms with Gasteiger partial charge in [-0.2, -0.15) is 4.98 Å². The SMILES string of the molecule is CCc1ccc2c(P(C)(C)=O)c(Nc3nc(Nc4cc(CC)c(N5CCC(N6CCN(C(=O)[C@@H]7CCN(C8=CC(F)C([C@H]9CCC(=O)NC9=O)C(F)=C8)C7)CC6)CC5)cc4OC)ncc3Br)ccc2n1. The Labute approximate surface area is 416 Å². The number of nitrogens with zero attached hydrogens (tertiary/aromatic N) is 7. The molecule has 4 aliphatic heterocycles. The Morgan fingerprint density at radius 3 is 2.37 bits per heavy atom. The lowest BCUT2D eigenvalue weighted by Crippen LogP contribution is -2.55. The van der Waals surface area contributed by atoms with Crippen LogP contribution in [0.25, 0.3) is 10.9 Å². The summed E-state index contributed by atoms with van der Waals surface area (Å²) in [4.78, 5) is 60.7. The number of piperidine rings is 2. The molecule has 0 bridgehead atoms. The van der Waals surface area contributed by atoms with Crippen LogP contribution in [0.2, 0.25) is 0 Å². The van der Waals surface area contributed by atoms with Crippen LogP contribution in [-0.2, 0) is 31.8 Å². The molecule has 4 atom stereocenters. The van der Waals surface area contributed by atoms with Crippen molar-refractivity contribution in [2.75, 3.05) is 88.3 Å². The molecule has 9 rings (SSSR count). The fourth-order valence-electron chi connectivity index (χ4n) is 10.9. The third-order valence-electron chi connectivity index (χ3n) is 14.7. The number of carbonyl (C=O) groups is 3. The molecule has 0 saturated carbocycles. The summed E-state index contributed by atoms with van der Waals surface area (Å²) in [7, 11) is -1.10. The summed E-state index contributed by atoms with van der Waals surface area (Å²) in [6, 6.07) is 12.5. The number of fused-ring (bicyclic) bond motifs is 1. The smallest absolute Gasteiger partial charge is 0.230 e. The van der Waals surface area contributed by atoms with E-state index in [4.69, 9.17) is 14.7 Å². The standard InChI is InChI=1S/C51H62BrF2N10O5P/c1-6-30-24-42(58-51-55-28-37(52)48(60-51)57-41-12-11-40-35(47(41)70(4,5)68)9-8-32(7-2)56-40)44(69-3)27-43(30)62-18-15-33(16-19-62)61-20-22-63(23-21-61)50(67)31-14-17-64(29-31)34-25-38(53)46(39(54)26-34)36-10-13-45(65)59-49(36)66/h8-9,11-12,24-28,31,33,36,38,46H,6-7,10,13-23,29H2,1-5H3,(H,59,65,66)(H2,55,57,58,60)/t31-,36-,38?,46?/m1/s1. The lowest BCUT2D eigenvalue weighted by Gasteiger charge is -2.44. The van der Waals surface area contributed by atoms with Gasteiger partial charge in [0.25, 0.3) is 0 Å². The van der Waals surface area contributed by atoms with Crippen molar-refractivity contribution in [2.45, 2.75) is 71.0 Å². The molecule has 2 unspecified atom stereocenters. The molecule has 2 aromatic carbocycles. The first-order chi connectivity index (χ1) is 33.6. The van der Waals surface area contributed by atoms with Crippen molar-refractivity contribution in [2.24, 2.45) is 17.8 Å². The van der Waals surface area contributed by atoms with Gasteiger partial charge in [-0.3, -0.25) is 29.6 Å². The Morgan fingerprint density at radius 2 is 1.69 bits per heavy atom. The fourth-order valence-corrected chi connectivity index (χ4v) is 12.7. The molecule has 19 heteroatoms. The van der Waals surface area contributed by atoms with Gasteiger partial charge in [0.05, 0.1) is 46.2 Å². The molecule has 4 aromatic rings. The largest absolute Gasteiger partial charge is 0.494 e. The Morgan fingerprint density at radius 1 is 0.929 bits per heavy atom. The highest BCUT2D eigenvalue weighted by molar-refractivity contribution is 9.10. The van der Waals surface area contributed by atoms with Crippen molar-refractivity contribution in [3.05, 3.63) is 82.0 Å². The first-order valence-corrected chi connectivity index (χ1v) is 27.9. The van der Waals surface area contributed by atoms with Gasteiger partial charge in [0.2, 0.25) is 23.7 Å². The van der Waals surface area contributed by atoms with E-state index in [1.807, 2.05) is 34.1 Å². The van der Waals surface area contributed by atoms with E-state index in [1.54, 1.807) is 26.6 Å². The summed E-state index contributed by atoms with van der Waals surface area (Å²) < 4.78 is 51.2. The summed E-state index contributed by atoms with van der Waals surface area (Å²) in [5.41, 5.74) is 5.92. The number of imide groups is 1. The van der Waals surface area contributed by atoms with Gasteiger partial charge in [-0.05, 0) is 110 Å². The van der Waals surface area contributed by atoms with Crippen molar-refractivity contribution >= 4 is 85.8 Å². The van der Waals surface area contributed by atoms with Crippen molar-refractivity contribution in [1.82, 2.24) is 35.0 Å². The van der Waals surface area contributed by atoms with E-state index >= 15 is 8.78 Å². The number of allylic oxidation sites excluding steroid dienone is 3. The maximum absolute atomic E-state index is 15.4. The van der Waals surface area contributed by atoms with Crippen molar-refractivity contribution < 1.29 is 32.5 Å². The molecule has 0 spiro atoms. The Balaban J connectivity index is 0.789. The number of halogens is 3. The highest BCUT2D eigenvalue weighted by Gasteiger charge is 2.43. The minimum Gasteiger partial charge on any atom is -0.494 e. The van der Waals surface area contributed by atoms with Crippen LogP contribution in [0.3, 0.4) is 0 Å². The van der Waals surface area contributed by atoms with E-state index in [0.29, 0.717) is 72.0 Å². The Bertz CT molecular complexity index is 2790. The number of anilines is 5. The first-order valence-electron chi connectivity index (χ1n) is 24.5. The van der Waals surface area contributed by atoms with Gasteiger partial charge < -0.3 is 34.6 Å². The van der Waals surface area contributed by atoms with Crippen molar-refractivity contribution in [3.8, 4) is 5.75 Å². The lowest BCUT2D eigenvalue weighted by molar-refractivity contribution is -0.139. The second kappa shape index (κ2) is 20.7. The van der Waals surface area contributed by atoms with Gasteiger partial charge in [0.1, 0.15) is 30.7 Å². The number of aromatic nitrogens is 3. The van der Waals surface area contributed by atoms with Crippen LogP contribution in [0.1, 0.15) is 57.2 Å². The van der Waals surface area contributed by atoms with Crippen LogP contribution in [0.15, 0.2) is 70.7 Å². The molecule has 4 fully saturated rings. The number of alkyl halides is 1. The molecule has 15 nitrogen and oxygen atoms in total. The lowest BCUT2D eigenvalue weighted by atomic mass is 9.79. The average Bonchev–Trinajstić information content (AvgIpc) is 3.85. The highest BCUT2D eigenvalue weighted by atomic mass is 79.9. The van der Waals surface area contributed by atoms with E-state index < -0.39 is 42.8 Å². The molecule has 70 heavy (non-hydrogen) atoms. The van der Waals surface area contributed by atoms with Gasteiger partial charge in [-0.15, -0.1) is 0 Å². The average molecular weight is 1040 g/mol. The van der Waals surface area contributed by atoms with Gasteiger partial charge >= 0.3 is 0 Å². The van der Waals surface area contributed by atoms with Gasteiger partial charge in [-0.25, -0.2) is 13.8 Å². The van der Waals surface area contributed by atoms with Gasteiger partial charge in [0.15, 0.2) is 0 Å². The van der Waals surface area contributed by atoms with Crippen molar-refractivity contribution in [1.29, 1.82) is 0 Å². The second-order valence-corrected chi connectivity index (χ2v) is 23.4. The molecule has 372 valence electrons. The van der Waals surface area contributed by atoms with E-state index in [0.717, 1.165) is 85.1 Å². The van der Waals surface area contributed by atoms with Crippen LogP contribution < -0.4 is 30.9 Å². The zero-order chi connectivity index (χ0) is 49.4. The fraction of sp³-hybridized carbons (Fsp3) is 0.490. The number of pyridine rings is 1. The van der Waals surface area contributed by atoms with Crippen LogP contribution in [-0.4, -0.2) is 132 Å². The van der Waals surface area contributed by atoms with Crippen LogP contribution in [0.4, 0.5) is 37.6 Å². The predicted molar refractivity (Wildman–Crippen MR) is 273 cm³/mol. The number of carbonyl (C=O) groups excluding carboxylic acids is 3. The van der Waals surface area contributed by atoms with Crippen molar-refractivity contribution in [3.63, 3.8) is 0 Å². The van der Waals surface area contributed by atoms with E-state index in [2.05, 4.69) is 72.6 Å². The van der Waals surface area contributed by atoms with Gasteiger partial charge in [-0.1, -0.05) is 19.9 Å². The minimum atomic E-state index is -2.76. The number of ether oxygens (including phenoxy) is 1. The van der Waals surface area contributed by atoms with Crippen LogP contribution in [0.5, 0.6) is 5.75 Å². The number of rotatable bonds is 13. The number of methoxy groups -OCH3 is 1. The molecule has 0 radical (unpaired) electrons. The number of piperazine rings is 1. The van der Waals surface area contributed by atoms with E-state index in [9.17, 15) is 18.9 Å². The highest BCUT2D eigenvalue weighted by Crippen LogP contribution is 2.43. The number of hydrogen-bond acceptors (Lipinski definition) is 13. The molecular formula is C51H62BrF2N10O5P. The summed E-state index contributed by atoms with van der Waals surface area (Å²) in [5.74, 6) is -2.57. The number of nitrogens with one attached hydrogen (secondary N) is 3. The molecule has 3 N–H and O–H groups in total. The molecule has 6 heterocycles. The third kappa shape index (κ3) is 10.3. The van der Waals surface area contributed by atoms with Crippen LogP contribution >= 0.6 is 23.1 Å². The first kappa shape index (κ1) is 49.5. The quantitative estimate of drug-likeness (QED) is 0.0877. The Kier molecular flexibility index (Phi) is 14.7. The maximum atomic E-state index is 15.4. The molecule has 1 aliphatic carbocycles. The maximum Gasteiger partial charge on any atom is 0.230 e. The monoisotopic (exact) mass is 1040 g/mol. The van der Waals surface area contributed by atoms with E-state index in [1.165, 1.54) is 17.7 Å². The molecular weight excluding hydrogens is 981 g/mol. The third-order valence-corrected chi connectivity index (χ3v) is 16.8. The molecule has 2 aromatic heterocycles. The zero-order valence-electron chi connectivity index (χ0n) is 40.4. The number of aryl methyl sites for hydroxylation is 2. The normalized spacial score (nSPS) is 22.8. The van der Waals surface area contributed by atoms with E-state index in [-0.39, 0.29) is 24.7 Å². The number of likely N-dealkylation sites (tertiary alicyclic amines) is 1. The number of benzene rings is 2. The zero-order valence-corrected chi connectivity index (χ0v) is 42.9. The topological polar surface area (TPSA) is 165 Å². The molecule has 4 saturated heterocycles. The molecule has 5 aliphatic rings. The number of amides is 3. The summed E-state index contributed by atoms with van der Waals surface area (Å²) in [6.45, 7) is 13.3. The summed E-state index contributed by atoms with van der Waals surface area (Å²) >= 11 is 3.62. The Hall–Kier alpha value is -5.45. The minimum absolute atomic E-state index is 0.0604. The van der Waals surface area contributed by atoms with Gasteiger partial charge in [0, 0.05) is 105 Å². The van der Waals surface area contributed by atoms with Crippen LogP contribution in [0, 0.1) is 17.8 Å². The summed E-state index contributed by atoms with van der Waals surface area (Å²) in [6.07, 6.45) is 6.99.